The van der Waals surface area contributed by atoms with Gasteiger partial charge in [-0.3, -0.25) is 0 Å². The van der Waals surface area contributed by atoms with Crippen LogP contribution in [-0.2, 0) is 6.61 Å². The SMILES string of the molecule is Clc1ccc(Br)cc1OCc1ccccc1Br. The third kappa shape index (κ3) is 3.47. The second kappa shape index (κ2) is 5.89. The minimum atomic E-state index is 0.484. The third-order valence-corrected chi connectivity index (χ3v) is 3.81. The predicted octanol–water partition coefficient (Wildman–Crippen LogP) is 5.44. The molecular formula is C13H9Br2ClO. The first-order chi connectivity index (χ1) is 8.16. The molecule has 0 heterocycles. The lowest BCUT2D eigenvalue weighted by Gasteiger charge is -2.09. The molecule has 2 aromatic carbocycles. The molecule has 0 saturated carbocycles. The fraction of sp³-hybridized carbons (Fsp3) is 0.0769. The maximum atomic E-state index is 6.04. The molecular weight excluding hydrogens is 367 g/mol. The van der Waals surface area contributed by atoms with E-state index < -0.39 is 0 Å². The first-order valence-corrected chi connectivity index (χ1v) is 6.94. The van der Waals surface area contributed by atoms with Gasteiger partial charge in [0, 0.05) is 14.5 Å². The van der Waals surface area contributed by atoms with Crippen LogP contribution in [0.5, 0.6) is 5.75 Å². The van der Waals surface area contributed by atoms with Gasteiger partial charge in [0.25, 0.3) is 0 Å². The van der Waals surface area contributed by atoms with Crippen LogP contribution in [0.15, 0.2) is 51.4 Å². The lowest BCUT2D eigenvalue weighted by atomic mass is 10.2. The van der Waals surface area contributed by atoms with Crippen molar-refractivity contribution in [3.8, 4) is 5.75 Å². The molecule has 88 valence electrons. The van der Waals surface area contributed by atoms with Crippen molar-refractivity contribution in [2.45, 2.75) is 6.61 Å². The molecule has 0 amide bonds. The zero-order chi connectivity index (χ0) is 12.3. The fourth-order valence-electron chi connectivity index (χ4n) is 1.36. The summed E-state index contributed by atoms with van der Waals surface area (Å²) in [6.45, 7) is 0.484. The van der Waals surface area contributed by atoms with Gasteiger partial charge < -0.3 is 4.74 Å². The van der Waals surface area contributed by atoms with E-state index in [0.717, 1.165) is 14.5 Å². The van der Waals surface area contributed by atoms with Crippen LogP contribution in [-0.4, -0.2) is 0 Å². The Labute approximate surface area is 122 Å². The van der Waals surface area contributed by atoms with E-state index in [-0.39, 0.29) is 0 Å². The molecule has 0 unspecified atom stereocenters. The average Bonchev–Trinajstić information content (AvgIpc) is 2.32. The topological polar surface area (TPSA) is 9.23 Å². The second-order valence-corrected chi connectivity index (χ2v) is 5.63. The summed E-state index contributed by atoms with van der Waals surface area (Å²) in [4.78, 5) is 0. The van der Waals surface area contributed by atoms with Crippen LogP contribution in [0, 0.1) is 0 Å². The monoisotopic (exact) mass is 374 g/mol. The van der Waals surface area contributed by atoms with Gasteiger partial charge in [-0.25, -0.2) is 0 Å². The summed E-state index contributed by atoms with van der Waals surface area (Å²) in [7, 11) is 0. The van der Waals surface area contributed by atoms with Gasteiger partial charge in [0.05, 0.1) is 5.02 Å². The summed E-state index contributed by atoms with van der Waals surface area (Å²) in [5, 5.41) is 0.611. The maximum absolute atomic E-state index is 6.04. The number of ether oxygens (including phenoxy) is 1. The molecule has 1 nitrogen and oxygen atoms in total. The highest BCUT2D eigenvalue weighted by Crippen LogP contribution is 2.29. The van der Waals surface area contributed by atoms with E-state index in [1.54, 1.807) is 6.07 Å². The summed E-state index contributed by atoms with van der Waals surface area (Å²) in [5.74, 6) is 0.678. The molecule has 2 aromatic rings. The fourth-order valence-corrected chi connectivity index (χ4v) is 2.27. The Morgan fingerprint density at radius 1 is 1.06 bits per heavy atom. The van der Waals surface area contributed by atoms with E-state index in [9.17, 15) is 0 Å². The van der Waals surface area contributed by atoms with E-state index in [0.29, 0.717) is 17.4 Å². The Bertz CT molecular complexity index is 529. The maximum Gasteiger partial charge on any atom is 0.139 e. The molecule has 0 aliphatic rings. The summed E-state index contributed by atoms with van der Waals surface area (Å²) in [6, 6.07) is 13.5. The molecule has 0 radical (unpaired) electrons. The van der Waals surface area contributed by atoms with Crippen LogP contribution in [0.25, 0.3) is 0 Å². The van der Waals surface area contributed by atoms with Crippen molar-refractivity contribution in [3.05, 3.63) is 62.0 Å². The molecule has 0 N–H and O–H groups in total. The minimum Gasteiger partial charge on any atom is -0.487 e. The third-order valence-electron chi connectivity index (χ3n) is 2.23. The molecule has 0 spiro atoms. The Hall–Kier alpha value is -0.510. The zero-order valence-corrected chi connectivity index (χ0v) is 12.7. The average molecular weight is 376 g/mol. The molecule has 0 aromatic heterocycles. The molecule has 0 saturated heterocycles. The van der Waals surface area contributed by atoms with Crippen molar-refractivity contribution >= 4 is 43.5 Å². The van der Waals surface area contributed by atoms with Crippen molar-refractivity contribution in [2.75, 3.05) is 0 Å². The number of hydrogen-bond acceptors (Lipinski definition) is 1. The van der Waals surface area contributed by atoms with Gasteiger partial charge in [-0.05, 0) is 24.3 Å². The van der Waals surface area contributed by atoms with E-state index in [2.05, 4.69) is 31.9 Å². The van der Waals surface area contributed by atoms with Crippen LogP contribution in [0.2, 0.25) is 5.02 Å². The van der Waals surface area contributed by atoms with Crippen LogP contribution >= 0.6 is 43.5 Å². The van der Waals surface area contributed by atoms with Crippen molar-refractivity contribution in [1.29, 1.82) is 0 Å². The molecule has 0 fully saturated rings. The molecule has 0 atom stereocenters. The Balaban J connectivity index is 2.12. The lowest BCUT2D eigenvalue weighted by molar-refractivity contribution is 0.305. The molecule has 0 aliphatic carbocycles. The highest BCUT2D eigenvalue weighted by Gasteiger charge is 2.04. The van der Waals surface area contributed by atoms with E-state index in [1.807, 2.05) is 36.4 Å². The molecule has 4 heteroatoms. The number of benzene rings is 2. The van der Waals surface area contributed by atoms with E-state index >= 15 is 0 Å². The number of hydrogen-bond donors (Lipinski definition) is 0. The first-order valence-electron chi connectivity index (χ1n) is 4.98. The summed E-state index contributed by atoms with van der Waals surface area (Å²) in [6.07, 6.45) is 0. The van der Waals surface area contributed by atoms with Crippen molar-refractivity contribution in [3.63, 3.8) is 0 Å². The van der Waals surface area contributed by atoms with Gasteiger partial charge in [-0.1, -0.05) is 61.7 Å². The Kier molecular flexibility index (Phi) is 4.48. The van der Waals surface area contributed by atoms with Crippen LogP contribution < -0.4 is 4.74 Å². The predicted molar refractivity (Wildman–Crippen MR) is 77.6 cm³/mol. The largest absolute Gasteiger partial charge is 0.487 e. The normalized spacial score (nSPS) is 10.3. The van der Waals surface area contributed by atoms with Crippen molar-refractivity contribution in [2.24, 2.45) is 0 Å². The highest BCUT2D eigenvalue weighted by molar-refractivity contribution is 9.10. The smallest absolute Gasteiger partial charge is 0.139 e. The van der Waals surface area contributed by atoms with Gasteiger partial charge in [0.15, 0.2) is 0 Å². The Morgan fingerprint density at radius 3 is 2.59 bits per heavy atom. The summed E-state index contributed by atoms with van der Waals surface area (Å²) in [5.41, 5.74) is 1.09. The summed E-state index contributed by atoms with van der Waals surface area (Å²) >= 11 is 12.9. The zero-order valence-electron chi connectivity index (χ0n) is 8.79. The van der Waals surface area contributed by atoms with Gasteiger partial charge in [-0.15, -0.1) is 0 Å². The van der Waals surface area contributed by atoms with Crippen LogP contribution in [0.3, 0.4) is 0 Å². The molecule has 0 bridgehead atoms. The molecule has 2 rings (SSSR count). The van der Waals surface area contributed by atoms with Crippen molar-refractivity contribution in [1.82, 2.24) is 0 Å². The first kappa shape index (κ1) is 12.9. The highest BCUT2D eigenvalue weighted by atomic mass is 79.9. The van der Waals surface area contributed by atoms with Gasteiger partial charge >= 0.3 is 0 Å². The second-order valence-electron chi connectivity index (χ2n) is 3.45. The van der Waals surface area contributed by atoms with Gasteiger partial charge in [0.1, 0.15) is 12.4 Å². The van der Waals surface area contributed by atoms with Crippen LogP contribution in [0.1, 0.15) is 5.56 Å². The minimum absolute atomic E-state index is 0.484. The van der Waals surface area contributed by atoms with Crippen molar-refractivity contribution < 1.29 is 4.74 Å². The standard InChI is InChI=1S/C13H9Br2ClO/c14-10-5-6-12(16)13(7-10)17-8-9-3-1-2-4-11(9)15/h1-7H,8H2. The Morgan fingerprint density at radius 2 is 1.82 bits per heavy atom. The lowest BCUT2D eigenvalue weighted by Crippen LogP contribution is -1.96. The van der Waals surface area contributed by atoms with Crippen LogP contribution in [0.4, 0.5) is 0 Å². The summed E-state index contributed by atoms with van der Waals surface area (Å²) < 4.78 is 7.67. The molecule has 0 aliphatic heterocycles. The number of halogens is 3. The molecule has 17 heavy (non-hydrogen) atoms. The number of rotatable bonds is 3. The van der Waals surface area contributed by atoms with Gasteiger partial charge in [0.2, 0.25) is 0 Å². The quantitative estimate of drug-likeness (QED) is 0.693. The van der Waals surface area contributed by atoms with E-state index in [4.69, 9.17) is 16.3 Å². The van der Waals surface area contributed by atoms with E-state index in [1.165, 1.54) is 0 Å². The van der Waals surface area contributed by atoms with Gasteiger partial charge in [-0.2, -0.15) is 0 Å².